The van der Waals surface area contributed by atoms with Crippen molar-refractivity contribution in [3.8, 4) is 5.75 Å². The molecular weight excluding hydrogens is 792 g/mol. The number of para-hydroxylation sites is 1. The molecule has 3 saturated heterocycles. The molecule has 5 N–H and O–H groups in total. The molecular formula is C45H76N2O14. The molecule has 0 aromatic heterocycles. The van der Waals surface area contributed by atoms with Gasteiger partial charge in [-0.05, 0) is 87.0 Å². The smallest absolute Gasteiger partial charge is 0.311 e. The number of benzene rings is 1. The minimum absolute atomic E-state index is 0.0208. The third-order valence-corrected chi connectivity index (χ3v) is 13.2. The number of ether oxygens (including phenoxy) is 7. The van der Waals surface area contributed by atoms with Crippen LogP contribution in [0.3, 0.4) is 0 Å². The number of aliphatic hydroxyl groups is 5. The van der Waals surface area contributed by atoms with Gasteiger partial charge in [0.2, 0.25) is 0 Å². The number of esters is 1. The van der Waals surface area contributed by atoms with E-state index in [1.807, 2.05) is 63.2 Å². The number of carbonyl (C=O) groups is 1. The predicted octanol–water partition coefficient (Wildman–Crippen LogP) is 3.67. The van der Waals surface area contributed by atoms with Crippen LogP contribution < -0.4 is 4.74 Å². The zero-order valence-electron chi connectivity index (χ0n) is 38.6. The predicted molar refractivity (Wildman–Crippen MR) is 227 cm³/mol. The molecule has 0 spiro atoms. The van der Waals surface area contributed by atoms with E-state index in [4.69, 9.17) is 38.0 Å². The fourth-order valence-electron chi connectivity index (χ4n) is 9.43. The molecule has 0 bridgehead atoms. The summed E-state index contributed by atoms with van der Waals surface area (Å²) in [5.41, 5.74) is -4.46. The Morgan fingerprint density at radius 1 is 0.885 bits per heavy atom. The van der Waals surface area contributed by atoms with Gasteiger partial charge in [-0.2, -0.15) is 0 Å². The minimum atomic E-state index is -1.97. The number of hydrogen-bond acceptors (Lipinski definition) is 16. The van der Waals surface area contributed by atoms with E-state index in [0.29, 0.717) is 17.9 Å². The second kappa shape index (κ2) is 21.5. The summed E-state index contributed by atoms with van der Waals surface area (Å²) >= 11 is 0. The van der Waals surface area contributed by atoms with Crippen LogP contribution in [-0.2, 0) is 38.1 Å². The van der Waals surface area contributed by atoms with Crippen molar-refractivity contribution < 1.29 is 68.3 Å². The maximum absolute atomic E-state index is 14.4. The monoisotopic (exact) mass is 869 g/mol. The topological polar surface area (TPSA) is 208 Å². The number of rotatable bonds is 12. The number of likely N-dealkylation sites (N-methyl/N-ethyl adjacent to an activating group) is 1. The van der Waals surface area contributed by atoms with Crippen molar-refractivity contribution in [2.45, 2.75) is 179 Å². The lowest BCUT2D eigenvalue weighted by atomic mass is 9.73. The molecule has 3 fully saturated rings. The van der Waals surface area contributed by atoms with Crippen molar-refractivity contribution in [1.82, 2.24) is 4.90 Å². The molecule has 0 unspecified atom stereocenters. The van der Waals surface area contributed by atoms with E-state index in [0.717, 1.165) is 0 Å². The highest BCUT2D eigenvalue weighted by atomic mass is 16.7. The van der Waals surface area contributed by atoms with Gasteiger partial charge in [0, 0.05) is 37.3 Å². The molecule has 3 aliphatic heterocycles. The zero-order chi connectivity index (χ0) is 45.6. The van der Waals surface area contributed by atoms with Gasteiger partial charge in [0.25, 0.3) is 0 Å². The summed E-state index contributed by atoms with van der Waals surface area (Å²) in [5.74, 6) is -3.46. The first-order chi connectivity index (χ1) is 28.5. The normalized spacial score (nSPS) is 44.0. The van der Waals surface area contributed by atoms with Gasteiger partial charge in [0.05, 0.1) is 53.4 Å². The first kappa shape index (κ1) is 51.2. The van der Waals surface area contributed by atoms with Gasteiger partial charge >= 0.3 is 5.97 Å². The van der Waals surface area contributed by atoms with Crippen LogP contribution in [0, 0.1) is 23.7 Å². The van der Waals surface area contributed by atoms with Crippen molar-refractivity contribution in [3.63, 3.8) is 0 Å². The van der Waals surface area contributed by atoms with Crippen molar-refractivity contribution >= 4 is 11.7 Å². The number of cyclic esters (lactones) is 1. The van der Waals surface area contributed by atoms with E-state index in [9.17, 15) is 30.3 Å². The second-order valence-electron chi connectivity index (χ2n) is 18.6. The molecule has 1 aromatic carbocycles. The maximum Gasteiger partial charge on any atom is 0.311 e. The van der Waals surface area contributed by atoms with Crippen LogP contribution in [0.2, 0.25) is 0 Å². The Kier molecular flexibility index (Phi) is 18.0. The molecule has 16 nitrogen and oxygen atoms in total. The highest BCUT2D eigenvalue weighted by molar-refractivity contribution is 5.88. The average Bonchev–Trinajstić information content (AvgIpc) is 3.20. The number of oxime groups is 1. The second-order valence-corrected chi connectivity index (χ2v) is 18.6. The number of methoxy groups -OCH3 is 1. The molecule has 61 heavy (non-hydrogen) atoms. The van der Waals surface area contributed by atoms with Gasteiger partial charge in [-0.3, -0.25) is 4.79 Å². The van der Waals surface area contributed by atoms with E-state index in [2.05, 4.69) is 5.16 Å². The van der Waals surface area contributed by atoms with Crippen LogP contribution >= 0.6 is 0 Å². The quantitative estimate of drug-likeness (QED) is 0.115. The van der Waals surface area contributed by atoms with Gasteiger partial charge in [-0.1, -0.05) is 51.0 Å². The van der Waals surface area contributed by atoms with E-state index < -0.39 is 102 Å². The van der Waals surface area contributed by atoms with Crippen LogP contribution in [0.15, 0.2) is 35.5 Å². The number of aliphatic hydroxyl groups excluding tert-OH is 3. The van der Waals surface area contributed by atoms with E-state index >= 15 is 0 Å². The summed E-state index contributed by atoms with van der Waals surface area (Å²) < 4.78 is 43.6. The first-order valence-corrected chi connectivity index (χ1v) is 21.9. The standard InChI is InChI=1S/C45H76N2O14/c1-14-33-45(10,53)38(49)27(4)35(46-56-21-20-55-31-18-16-15-17-19-31)25(2)23-43(8,52)40(61-42-36(48)32(47(11)12)22-26(3)57-42)28(5)37(29(6)41(51)59-33)60-34-24-44(9,54-13)39(50)30(7)58-34/h15-19,25-30,32-34,36-40,42,48-50,52-53H,14,20-24H2,1-13H3/b46-35-/t25-,26-,27+,28+,29-,30+,32+,33-,34+,36-,37+,38-,39+,40-,42+,43+,44-,45-/m1/s1. The highest BCUT2D eigenvalue weighted by Gasteiger charge is 2.53. The summed E-state index contributed by atoms with van der Waals surface area (Å²) in [7, 11) is 5.23. The Labute approximate surface area is 362 Å². The van der Waals surface area contributed by atoms with Crippen LogP contribution in [0.25, 0.3) is 0 Å². The van der Waals surface area contributed by atoms with E-state index in [1.54, 1.807) is 48.5 Å². The summed E-state index contributed by atoms with van der Waals surface area (Å²) in [6, 6.07) is 8.92. The third-order valence-electron chi connectivity index (χ3n) is 13.2. The SMILES string of the molecule is CC[C@H]1OC(=O)[C@H](C)[C@@H](O[C@H]2C[C@@](C)(OC)[C@@H](O)[C@H](C)O2)[C@H](C)[C@@H](O[C@@H]2O[C@H](C)C[C@H](N(C)C)[C@H]2O)[C@@](C)(O)C[C@@H](C)/C(=N/OCCOc2ccccc2)[C@H](C)[C@@H](O)[C@]1(C)O. The maximum atomic E-state index is 14.4. The lowest BCUT2D eigenvalue weighted by Gasteiger charge is -2.49. The summed E-state index contributed by atoms with van der Waals surface area (Å²) in [5, 5.41) is 64.0. The Bertz CT molecular complexity index is 1550. The van der Waals surface area contributed by atoms with Gasteiger partial charge in [0.1, 0.15) is 36.3 Å². The molecule has 16 heteroatoms. The molecule has 18 atom stereocenters. The Morgan fingerprint density at radius 3 is 2.15 bits per heavy atom. The van der Waals surface area contributed by atoms with Gasteiger partial charge in [-0.25, -0.2) is 0 Å². The summed E-state index contributed by atoms with van der Waals surface area (Å²) in [4.78, 5) is 22.1. The van der Waals surface area contributed by atoms with Crippen LogP contribution in [0.1, 0.15) is 94.9 Å². The fourth-order valence-corrected chi connectivity index (χ4v) is 9.43. The van der Waals surface area contributed by atoms with Crippen molar-refractivity contribution in [1.29, 1.82) is 0 Å². The van der Waals surface area contributed by atoms with Crippen LogP contribution in [0.5, 0.6) is 5.75 Å². The molecule has 3 heterocycles. The first-order valence-electron chi connectivity index (χ1n) is 21.9. The Morgan fingerprint density at radius 2 is 1.54 bits per heavy atom. The lowest BCUT2D eigenvalue weighted by Crippen LogP contribution is -2.61. The number of hydrogen-bond donors (Lipinski definition) is 5. The van der Waals surface area contributed by atoms with Crippen molar-refractivity contribution in [3.05, 3.63) is 30.3 Å². The van der Waals surface area contributed by atoms with Gasteiger partial charge in [0.15, 0.2) is 19.2 Å². The zero-order valence-corrected chi connectivity index (χ0v) is 38.6. The van der Waals surface area contributed by atoms with Crippen molar-refractivity contribution in [2.24, 2.45) is 28.8 Å². The molecule has 4 rings (SSSR count). The Hall–Kier alpha value is -2.48. The van der Waals surface area contributed by atoms with Gasteiger partial charge in [-0.15, -0.1) is 0 Å². The summed E-state index contributed by atoms with van der Waals surface area (Å²) in [6.45, 7) is 17.3. The largest absolute Gasteiger partial charge is 0.490 e. The highest BCUT2D eigenvalue weighted by Crippen LogP contribution is 2.41. The molecule has 0 radical (unpaired) electrons. The van der Waals surface area contributed by atoms with E-state index in [1.165, 1.54) is 14.0 Å². The number of nitrogens with zero attached hydrogens (tertiary/aromatic N) is 2. The van der Waals surface area contributed by atoms with E-state index in [-0.39, 0.29) is 44.6 Å². The van der Waals surface area contributed by atoms with Gasteiger partial charge < -0.3 is 68.4 Å². The molecule has 0 aliphatic carbocycles. The van der Waals surface area contributed by atoms with Crippen LogP contribution in [0.4, 0.5) is 0 Å². The average molecular weight is 869 g/mol. The van der Waals surface area contributed by atoms with Crippen molar-refractivity contribution in [2.75, 3.05) is 34.4 Å². The molecule has 1 aromatic rings. The fraction of sp³-hybridized carbons (Fsp3) is 0.822. The summed E-state index contributed by atoms with van der Waals surface area (Å²) in [6.07, 6.45) is -9.47. The molecule has 0 amide bonds. The molecule has 3 aliphatic rings. The Balaban J connectivity index is 1.82. The molecule has 350 valence electrons. The third kappa shape index (κ3) is 12.2. The lowest BCUT2D eigenvalue weighted by molar-refractivity contribution is -0.317. The van der Waals surface area contributed by atoms with Crippen LogP contribution in [-0.4, -0.2) is 161 Å². The minimum Gasteiger partial charge on any atom is -0.490 e. The molecule has 0 saturated carbocycles. The number of carbonyl (C=O) groups excluding carboxylic acids is 1.